The van der Waals surface area contributed by atoms with E-state index in [0.717, 1.165) is 6.42 Å². The van der Waals surface area contributed by atoms with E-state index in [1.54, 1.807) is 0 Å². The molecule has 3 atom stereocenters. The maximum atomic E-state index is 13.8. The van der Waals surface area contributed by atoms with E-state index in [0.29, 0.717) is 5.92 Å². The molecule has 0 aromatic carbocycles. The maximum Gasteiger partial charge on any atom is 0.213 e. The van der Waals surface area contributed by atoms with Crippen molar-refractivity contribution in [3.8, 4) is 0 Å². The highest BCUT2D eigenvalue weighted by Gasteiger charge is 2.51. The van der Waals surface area contributed by atoms with Gasteiger partial charge in [-0.1, -0.05) is 12.2 Å². The quantitative estimate of drug-likeness (QED) is 0.508. The molecule has 68 valence electrons. The molecule has 0 N–H and O–H groups in total. The summed E-state index contributed by atoms with van der Waals surface area (Å²) in [7, 11) is 0. The highest BCUT2D eigenvalue weighted by Crippen LogP contribution is 2.48. The van der Waals surface area contributed by atoms with Gasteiger partial charge in [0, 0.05) is 11.8 Å². The zero-order valence-electron chi connectivity index (χ0n) is 7.80. The van der Waals surface area contributed by atoms with Gasteiger partial charge in [0.05, 0.1) is 5.60 Å². The van der Waals surface area contributed by atoms with Crippen LogP contribution in [0.15, 0.2) is 12.2 Å². The Hall–Kier alpha value is -0.370. The number of ether oxygens (including phenoxy) is 1. The Morgan fingerprint density at radius 2 is 1.83 bits per heavy atom. The molecule has 0 radical (unpaired) electrons. The summed E-state index contributed by atoms with van der Waals surface area (Å²) < 4.78 is 19.2. The van der Waals surface area contributed by atoms with Gasteiger partial charge in [0.1, 0.15) is 0 Å². The van der Waals surface area contributed by atoms with Crippen LogP contribution in [0.1, 0.15) is 27.2 Å². The Morgan fingerprint density at radius 3 is 2.50 bits per heavy atom. The first-order valence-electron chi connectivity index (χ1n) is 4.49. The van der Waals surface area contributed by atoms with Gasteiger partial charge in [0.15, 0.2) is 0 Å². The molecule has 12 heavy (non-hydrogen) atoms. The Balaban J connectivity index is 2.32. The van der Waals surface area contributed by atoms with Crippen LogP contribution in [-0.2, 0) is 4.74 Å². The van der Waals surface area contributed by atoms with Gasteiger partial charge >= 0.3 is 0 Å². The minimum absolute atomic E-state index is 0.0319. The van der Waals surface area contributed by atoms with Crippen molar-refractivity contribution in [1.82, 2.24) is 0 Å². The average molecular weight is 170 g/mol. The number of rotatable bonds is 0. The topological polar surface area (TPSA) is 9.23 Å². The minimum Gasteiger partial charge on any atom is -0.339 e. The van der Waals surface area contributed by atoms with E-state index in [-0.39, 0.29) is 11.5 Å². The number of halogens is 1. The van der Waals surface area contributed by atoms with E-state index in [1.807, 2.05) is 19.9 Å². The van der Waals surface area contributed by atoms with Crippen molar-refractivity contribution in [2.24, 2.45) is 11.8 Å². The standard InChI is InChI=1S/C10H15FO/c1-9(2)7-4-5-8(6-7)10(3,11)12-9/h4-5,7-8H,6H2,1-3H3. The molecule has 2 bridgehead atoms. The lowest BCUT2D eigenvalue weighted by Crippen LogP contribution is -2.48. The lowest BCUT2D eigenvalue weighted by Gasteiger charge is -2.43. The van der Waals surface area contributed by atoms with E-state index in [4.69, 9.17) is 4.74 Å². The molecule has 0 aromatic rings. The molecule has 1 nitrogen and oxygen atoms in total. The predicted molar refractivity (Wildman–Crippen MR) is 45.4 cm³/mol. The second-order valence-electron chi connectivity index (χ2n) is 4.52. The first-order valence-corrected chi connectivity index (χ1v) is 4.49. The van der Waals surface area contributed by atoms with Gasteiger partial charge in [-0.05, 0) is 27.2 Å². The maximum absolute atomic E-state index is 13.8. The van der Waals surface area contributed by atoms with Crippen LogP contribution in [0.3, 0.4) is 0 Å². The third-order valence-electron chi connectivity index (χ3n) is 3.10. The molecular formula is C10H15FO. The molecule has 2 aliphatic rings. The summed E-state index contributed by atoms with van der Waals surface area (Å²) >= 11 is 0. The van der Waals surface area contributed by atoms with Crippen LogP contribution in [0.5, 0.6) is 0 Å². The Morgan fingerprint density at radius 1 is 1.25 bits per heavy atom. The van der Waals surface area contributed by atoms with Crippen LogP contribution < -0.4 is 0 Å². The number of hydrogen-bond acceptors (Lipinski definition) is 1. The molecule has 0 amide bonds. The monoisotopic (exact) mass is 170 g/mol. The van der Waals surface area contributed by atoms with Crippen LogP contribution in [0.2, 0.25) is 0 Å². The lowest BCUT2D eigenvalue weighted by molar-refractivity contribution is -0.258. The first kappa shape index (κ1) is 8.24. The van der Waals surface area contributed by atoms with Crippen LogP contribution in [0, 0.1) is 11.8 Å². The molecule has 0 aromatic heterocycles. The van der Waals surface area contributed by atoms with Crippen molar-refractivity contribution in [3.05, 3.63) is 12.2 Å². The Kier molecular flexibility index (Phi) is 1.45. The molecule has 1 heterocycles. The Labute approximate surface area is 72.6 Å². The van der Waals surface area contributed by atoms with Crippen molar-refractivity contribution in [3.63, 3.8) is 0 Å². The van der Waals surface area contributed by atoms with Crippen LogP contribution in [0.25, 0.3) is 0 Å². The van der Waals surface area contributed by atoms with E-state index in [1.165, 1.54) is 6.92 Å². The third kappa shape index (κ3) is 1.01. The lowest BCUT2D eigenvalue weighted by atomic mass is 9.83. The van der Waals surface area contributed by atoms with Crippen molar-refractivity contribution < 1.29 is 9.13 Å². The largest absolute Gasteiger partial charge is 0.339 e. The van der Waals surface area contributed by atoms with E-state index < -0.39 is 5.85 Å². The number of hydrogen-bond donors (Lipinski definition) is 0. The van der Waals surface area contributed by atoms with Gasteiger partial charge < -0.3 is 4.74 Å². The second-order valence-corrected chi connectivity index (χ2v) is 4.52. The smallest absolute Gasteiger partial charge is 0.213 e. The molecule has 1 aliphatic carbocycles. The fraction of sp³-hybridized carbons (Fsp3) is 0.800. The molecule has 2 rings (SSSR count). The second kappa shape index (κ2) is 2.11. The number of alkyl halides is 1. The molecule has 2 heteroatoms. The van der Waals surface area contributed by atoms with Gasteiger partial charge in [0.25, 0.3) is 0 Å². The van der Waals surface area contributed by atoms with Gasteiger partial charge in [0.2, 0.25) is 5.85 Å². The summed E-state index contributed by atoms with van der Waals surface area (Å²) in [6, 6.07) is 0. The summed E-state index contributed by atoms with van der Waals surface area (Å²) in [5.74, 6) is -1.10. The van der Waals surface area contributed by atoms with E-state index in [9.17, 15) is 4.39 Å². The molecule has 0 spiro atoms. The molecule has 1 fully saturated rings. The van der Waals surface area contributed by atoms with Crippen LogP contribution in [-0.4, -0.2) is 11.5 Å². The zero-order valence-corrected chi connectivity index (χ0v) is 7.80. The van der Waals surface area contributed by atoms with Gasteiger partial charge in [-0.25, -0.2) is 4.39 Å². The van der Waals surface area contributed by atoms with Crippen molar-refractivity contribution in [2.75, 3.05) is 0 Å². The molecule has 1 saturated heterocycles. The normalized spacial score (nSPS) is 49.7. The fourth-order valence-electron chi connectivity index (χ4n) is 2.26. The Bertz CT molecular complexity index is 208. The van der Waals surface area contributed by atoms with Gasteiger partial charge in [-0.15, -0.1) is 0 Å². The summed E-state index contributed by atoms with van der Waals surface area (Å²) in [4.78, 5) is 0. The summed E-state index contributed by atoms with van der Waals surface area (Å²) in [5, 5.41) is 0. The van der Waals surface area contributed by atoms with Crippen molar-refractivity contribution >= 4 is 0 Å². The summed E-state index contributed by atoms with van der Waals surface area (Å²) in [5.41, 5.74) is -0.340. The first-order chi connectivity index (χ1) is 5.42. The SMILES string of the molecule is CC1(C)OC(C)(F)C2C=CC1C2. The zero-order chi connectivity index (χ0) is 8.98. The average Bonchev–Trinajstić information content (AvgIpc) is 2.26. The molecule has 1 aliphatic heterocycles. The molecular weight excluding hydrogens is 155 g/mol. The number of fused-ring (bicyclic) bond motifs is 2. The highest BCUT2D eigenvalue weighted by atomic mass is 19.2. The van der Waals surface area contributed by atoms with E-state index in [2.05, 4.69) is 6.08 Å². The molecule has 3 unspecified atom stereocenters. The minimum atomic E-state index is -1.47. The van der Waals surface area contributed by atoms with E-state index >= 15 is 0 Å². The third-order valence-corrected chi connectivity index (χ3v) is 3.10. The van der Waals surface area contributed by atoms with Crippen LogP contribution in [0.4, 0.5) is 4.39 Å². The van der Waals surface area contributed by atoms with Gasteiger partial charge in [-0.3, -0.25) is 0 Å². The van der Waals surface area contributed by atoms with Crippen molar-refractivity contribution in [2.45, 2.75) is 38.6 Å². The summed E-state index contributed by atoms with van der Waals surface area (Å²) in [6.07, 6.45) is 4.95. The van der Waals surface area contributed by atoms with Crippen LogP contribution >= 0.6 is 0 Å². The highest BCUT2D eigenvalue weighted by molar-refractivity contribution is 5.13. The predicted octanol–water partition coefficient (Wildman–Crippen LogP) is 2.67. The molecule has 0 saturated carbocycles. The fourth-order valence-corrected chi connectivity index (χ4v) is 2.26. The van der Waals surface area contributed by atoms with Crippen molar-refractivity contribution in [1.29, 1.82) is 0 Å². The summed E-state index contributed by atoms with van der Waals surface area (Å²) in [6.45, 7) is 5.45. The van der Waals surface area contributed by atoms with Gasteiger partial charge in [-0.2, -0.15) is 0 Å².